The Morgan fingerprint density at radius 2 is 1.72 bits per heavy atom. The molecule has 5 rings (SSSR count). The van der Waals surface area contributed by atoms with Crippen LogP contribution in [0.4, 0.5) is 11.8 Å². The second-order valence-corrected chi connectivity index (χ2v) is 8.45. The zero-order valence-corrected chi connectivity index (χ0v) is 18.0. The molecule has 0 aliphatic carbocycles. The lowest BCUT2D eigenvalue weighted by Gasteiger charge is -2.35. The molecule has 0 radical (unpaired) electrons. The maximum Gasteiger partial charge on any atom is 0.225 e. The quantitative estimate of drug-likeness (QED) is 0.345. The molecule has 0 unspecified atom stereocenters. The van der Waals surface area contributed by atoms with Gasteiger partial charge in [0.15, 0.2) is 5.15 Å². The highest BCUT2D eigenvalue weighted by molar-refractivity contribution is 7.26. The van der Waals surface area contributed by atoms with Crippen molar-refractivity contribution < 1.29 is 0 Å². The van der Waals surface area contributed by atoms with E-state index in [0.29, 0.717) is 5.15 Å². The van der Waals surface area contributed by atoms with Gasteiger partial charge in [-0.15, -0.1) is 11.3 Å². The van der Waals surface area contributed by atoms with Crippen molar-refractivity contribution in [3.05, 3.63) is 40.5 Å². The maximum absolute atomic E-state index is 6.31. The highest BCUT2D eigenvalue weighted by Crippen LogP contribution is 2.39. The predicted octanol–water partition coefficient (Wildman–Crippen LogP) is 4.23. The average Bonchev–Trinajstić information content (AvgIpc) is 3.13. The minimum atomic E-state index is 0.160. The normalized spacial score (nSPS) is 14.9. The van der Waals surface area contributed by atoms with Gasteiger partial charge in [-0.3, -0.25) is 0 Å². The number of aromatic nitrogens is 5. The van der Waals surface area contributed by atoms with Gasteiger partial charge in [-0.05, 0) is 35.7 Å². The fourth-order valence-corrected chi connectivity index (χ4v) is 5.20. The first-order valence-corrected chi connectivity index (χ1v) is 10.9. The van der Waals surface area contributed by atoms with E-state index in [4.69, 9.17) is 28.2 Å². The molecule has 1 fully saturated rings. The molecule has 148 valence electrons. The van der Waals surface area contributed by atoms with Crippen molar-refractivity contribution in [2.45, 2.75) is 13.3 Å². The predicted molar refractivity (Wildman–Crippen MR) is 119 cm³/mol. The van der Waals surface area contributed by atoms with Crippen LogP contribution in [0.2, 0.25) is 10.4 Å². The Morgan fingerprint density at radius 3 is 2.45 bits per heavy atom. The van der Waals surface area contributed by atoms with Crippen LogP contribution in [0.25, 0.3) is 20.4 Å². The minimum Gasteiger partial charge on any atom is -0.353 e. The van der Waals surface area contributed by atoms with Gasteiger partial charge in [0, 0.05) is 44.0 Å². The fourth-order valence-electron chi connectivity index (χ4n) is 3.67. The van der Waals surface area contributed by atoms with Crippen LogP contribution in [0.15, 0.2) is 24.5 Å². The van der Waals surface area contributed by atoms with Crippen LogP contribution in [-0.2, 0) is 6.42 Å². The lowest BCUT2D eigenvalue weighted by molar-refractivity contribution is 0.635. The van der Waals surface area contributed by atoms with Crippen LogP contribution in [0.3, 0.4) is 0 Å². The number of anilines is 2. The number of fused-ring (bicyclic) bond motifs is 3. The van der Waals surface area contributed by atoms with Crippen molar-refractivity contribution in [1.82, 2.24) is 24.9 Å². The molecular formula is C19H17Cl2N7S. The first-order valence-electron chi connectivity index (χ1n) is 9.36. The third kappa shape index (κ3) is 3.35. The molecule has 0 bridgehead atoms. The summed E-state index contributed by atoms with van der Waals surface area (Å²) >= 11 is 13.9. The van der Waals surface area contributed by atoms with Gasteiger partial charge in [0.05, 0.1) is 10.2 Å². The Bertz CT molecular complexity index is 1190. The second-order valence-electron chi connectivity index (χ2n) is 6.76. The molecule has 29 heavy (non-hydrogen) atoms. The summed E-state index contributed by atoms with van der Waals surface area (Å²) in [6, 6.07) is 3.99. The molecule has 0 atom stereocenters. The van der Waals surface area contributed by atoms with E-state index in [1.807, 2.05) is 6.07 Å². The highest BCUT2D eigenvalue weighted by Gasteiger charge is 2.22. The zero-order chi connectivity index (χ0) is 20.0. The van der Waals surface area contributed by atoms with Crippen molar-refractivity contribution >= 4 is 66.7 Å². The number of rotatable bonds is 3. The average molecular weight is 446 g/mol. The first-order chi connectivity index (χ1) is 14.1. The first kappa shape index (κ1) is 18.7. The van der Waals surface area contributed by atoms with Gasteiger partial charge < -0.3 is 9.80 Å². The van der Waals surface area contributed by atoms with E-state index in [1.54, 1.807) is 12.4 Å². The molecule has 0 amide bonds. The number of thiophene rings is 1. The van der Waals surface area contributed by atoms with Crippen molar-refractivity contribution in [2.75, 3.05) is 36.0 Å². The van der Waals surface area contributed by atoms with Crippen molar-refractivity contribution in [1.29, 1.82) is 0 Å². The molecule has 1 saturated heterocycles. The van der Waals surface area contributed by atoms with Gasteiger partial charge in [0.2, 0.25) is 11.2 Å². The van der Waals surface area contributed by atoms with Crippen molar-refractivity contribution in [2.24, 2.45) is 0 Å². The second kappa shape index (κ2) is 7.51. The molecule has 5 heterocycles. The summed E-state index contributed by atoms with van der Waals surface area (Å²) in [5.74, 6) is 1.75. The maximum atomic E-state index is 6.31. The van der Waals surface area contributed by atoms with Crippen LogP contribution in [-0.4, -0.2) is 51.1 Å². The van der Waals surface area contributed by atoms with E-state index in [2.05, 4.69) is 42.7 Å². The molecule has 4 aromatic rings. The van der Waals surface area contributed by atoms with Gasteiger partial charge in [0.25, 0.3) is 0 Å². The van der Waals surface area contributed by atoms with E-state index in [1.165, 1.54) is 16.9 Å². The summed E-state index contributed by atoms with van der Waals surface area (Å²) in [4.78, 5) is 27.6. The Hall–Kier alpha value is -2.29. The lowest BCUT2D eigenvalue weighted by Crippen LogP contribution is -2.47. The van der Waals surface area contributed by atoms with E-state index in [9.17, 15) is 0 Å². The van der Waals surface area contributed by atoms with E-state index >= 15 is 0 Å². The van der Waals surface area contributed by atoms with E-state index in [-0.39, 0.29) is 5.28 Å². The molecule has 4 aromatic heterocycles. The van der Waals surface area contributed by atoms with Gasteiger partial charge in [-0.2, -0.15) is 0 Å². The van der Waals surface area contributed by atoms with Crippen LogP contribution in [0.1, 0.15) is 12.5 Å². The molecule has 1 aliphatic rings. The number of piperazine rings is 1. The molecule has 10 heteroatoms. The molecule has 0 N–H and O–H groups in total. The van der Waals surface area contributed by atoms with Crippen LogP contribution in [0.5, 0.6) is 0 Å². The van der Waals surface area contributed by atoms with Crippen LogP contribution >= 0.6 is 34.5 Å². The fraction of sp³-hybridized carbons (Fsp3) is 0.316. The molecule has 0 aromatic carbocycles. The van der Waals surface area contributed by atoms with Gasteiger partial charge >= 0.3 is 0 Å². The Kier molecular flexibility index (Phi) is 4.85. The van der Waals surface area contributed by atoms with Gasteiger partial charge in [-0.25, -0.2) is 24.9 Å². The molecule has 0 saturated carbocycles. The molecular weight excluding hydrogens is 429 g/mol. The summed E-state index contributed by atoms with van der Waals surface area (Å²) in [5, 5.41) is 1.56. The van der Waals surface area contributed by atoms with E-state index in [0.717, 1.165) is 64.8 Å². The number of aryl methyl sites for hydroxylation is 1. The number of hydrogen-bond donors (Lipinski definition) is 0. The summed E-state index contributed by atoms with van der Waals surface area (Å²) in [5.41, 5.74) is 1.98. The van der Waals surface area contributed by atoms with Crippen LogP contribution in [0, 0.1) is 0 Å². The largest absolute Gasteiger partial charge is 0.353 e. The molecule has 1 aliphatic heterocycles. The molecule has 0 spiro atoms. The Labute approximate surface area is 181 Å². The highest BCUT2D eigenvalue weighted by atomic mass is 35.5. The topological polar surface area (TPSA) is 70.9 Å². The van der Waals surface area contributed by atoms with Gasteiger partial charge in [0.1, 0.15) is 10.6 Å². The minimum absolute atomic E-state index is 0.160. The van der Waals surface area contributed by atoms with Crippen molar-refractivity contribution in [3.63, 3.8) is 0 Å². The number of hydrogen-bond acceptors (Lipinski definition) is 8. The summed E-state index contributed by atoms with van der Waals surface area (Å²) < 4.78 is 0.830. The smallest absolute Gasteiger partial charge is 0.225 e. The summed E-state index contributed by atoms with van der Waals surface area (Å²) in [7, 11) is 0. The third-order valence-corrected chi connectivity index (χ3v) is 6.74. The summed E-state index contributed by atoms with van der Waals surface area (Å²) in [6.45, 7) is 5.56. The SMILES string of the molecule is CCc1cc(N2CCN(c3ncccn3)CC2)nc2sc3c(Cl)nc(Cl)nc3c12. The monoisotopic (exact) mass is 445 g/mol. The zero-order valence-electron chi connectivity index (χ0n) is 15.6. The number of halogens is 2. The number of nitrogens with zero attached hydrogens (tertiary/aromatic N) is 7. The number of pyridine rings is 1. The lowest BCUT2D eigenvalue weighted by atomic mass is 10.1. The third-order valence-electron chi connectivity index (χ3n) is 5.11. The molecule has 7 nitrogen and oxygen atoms in total. The Balaban J connectivity index is 1.50. The van der Waals surface area contributed by atoms with Crippen molar-refractivity contribution in [3.8, 4) is 0 Å². The van der Waals surface area contributed by atoms with Gasteiger partial charge in [-0.1, -0.05) is 18.5 Å². The standard InChI is InChI=1S/C19H17Cl2N7S/c1-2-11-10-12(27-6-8-28(9-7-27)19-22-4-3-5-23-19)24-17-13(11)14-15(29-17)16(20)26-18(21)25-14/h3-5,10H,2,6-9H2,1H3. The van der Waals surface area contributed by atoms with E-state index < -0.39 is 0 Å². The Morgan fingerprint density at radius 1 is 1.00 bits per heavy atom. The summed E-state index contributed by atoms with van der Waals surface area (Å²) in [6.07, 6.45) is 4.42. The van der Waals surface area contributed by atoms with Crippen LogP contribution < -0.4 is 9.80 Å².